The van der Waals surface area contributed by atoms with Gasteiger partial charge in [0.1, 0.15) is 24.8 Å². The molecule has 1 aromatic heterocycles. The first-order chi connectivity index (χ1) is 15.3. The highest BCUT2D eigenvalue weighted by atomic mass is 16.5. The molecule has 1 aromatic carbocycles. The zero-order valence-electron chi connectivity index (χ0n) is 19.2. The number of nitrogens with one attached hydrogen (secondary N) is 2. The SMILES string of the molecule is COc1ccc2nc(CC3CC(C(C)C)C(CNC(=O)COCC(=O)O)C=C3C)[nH]c2c1. The van der Waals surface area contributed by atoms with Gasteiger partial charge < -0.3 is 24.9 Å². The average molecular weight is 444 g/mol. The first-order valence-corrected chi connectivity index (χ1v) is 11.0. The van der Waals surface area contributed by atoms with Crippen LogP contribution < -0.4 is 10.1 Å². The van der Waals surface area contributed by atoms with Crippen LogP contribution >= 0.6 is 0 Å². The predicted octanol–water partition coefficient (Wildman–Crippen LogP) is 3.19. The molecule has 0 aliphatic heterocycles. The van der Waals surface area contributed by atoms with Crippen LogP contribution in [0.1, 0.15) is 33.0 Å². The molecule has 1 heterocycles. The molecule has 8 nitrogen and oxygen atoms in total. The monoisotopic (exact) mass is 443 g/mol. The number of benzene rings is 1. The topological polar surface area (TPSA) is 114 Å². The summed E-state index contributed by atoms with van der Waals surface area (Å²) in [6.07, 6.45) is 4.14. The van der Waals surface area contributed by atoms with E-state index in [0.29, 0.717) is 24.3 Å². The van der Waals surface area contributed by atoms with Crippen LogP contribution in [0.4, 0.5) is 0 Å². The summed E-state index contributed by atoms with van der Waals surface area (Å²) >= 11 is 0. The molecule has 0 fully saturated rings. The first kappa shape index (κ1) is 23.8. The summed E-state index contributed by atoms with van der Waals surface area (Å²) in [4.78, 5) is 30.7. The van der Waals surface area contributed by atoms with Gasteiger partial charge in [-0.15, -0.1) is 0 Å². The number of amides is 1. The van der Waals surface area contributed by atoms with Crippen molar-refractivity contribution in [1.82, 2.24) is 15.3 Å². The lowest BCUT2D eigenvalue weighted by Crippen LogP contribution is -2.38. The number of imidazole rings is 1. The van der Waals surface area contributed by atoms with E-state index in [2.05, 4.69) is 37.1 Å². The summed E-state index contributed by atoms with van der Waals surface area (Å²) in [6, 6.07) is 5.85. The van der Waals surface area contributed by atoms with Crippen molar-refractivity contribution in [2.75, 3.05) is 26.9 Å². The highest BCUT2D eigenvalue weighted by molar-refractivity contribution is 5.78. The molecule has 1 aliphatic carbocycles. The van der Waals surface area contributed by atoms with E-state index in [1.807, 2.05) is 18.2 Å². The van der Waals surface area contributed by atoms with Crippen LogP contribution in [0.2, 0.25) is 0 Å². The van der Waals surface area contributed by atoms with Gasteiger partial charge in [-0.1, -0.05) is 25.5 Å². The highest BCUT2D eigenvalue weighted by Gasteiger charge is 2.32. The number of aliphatic carboxylic acids is 1. The van der Waals surface area contributed by atoms with E-state index in [0.717, 1.165) is 35.4 Å². The van der Waals surface area contributed by atoms with Crippen LogP contribution in [0.5, 0.6) is 5.75 Å². The molecule has 32 heavy (non-hydrogen) atoms. The number of allylic oxidation sites excluding steroid dienone is 1. The molecule has 0 saturated carbocycles. The number of H-pyrrole nitrogens is 1. The number of carboxylic acid groups (broad SMARTS) is 1. The summed E-state index contributed by atoms with van der Waals surface area (Å²) in [6.45, 7) is 6.39. The molecule has 1 amide bonds. The Morgan fingerprint density at radius 2 is 2.09 bits per heavy atom. The van der Waals surface area contributed by atoms with Crippen LogP contribution in [0, 0.1) is 23.7 Å². The van der Waals surface area contributed by atoms with Crippen LogP contribution in [-0.2, 0) is 20.7 Å². The normalized spacial score (nSPS) is 20.9. The highest BCUT2D eigenvalue weighted by Crippen LogP contribution is 2.38. The Balaban J connectivity index is 1.64. The maximum absolute atomic E-state index is 12.0. The van der Waals surface area contributed by atoms with Gasteiger partial charge in [-0.2, -0.15) is 0 Å². The number of aromatic nitrogens is 2. The molecule has 3 atom stereocenters. The van der Waals surface area contributed by atoms with Crippen LogP contribution in [0.3, 0.4) is 0 Å². The van der Waals surface area contributed by atoms with Gasteiger partial charge in [0.25, 0.3) is 0 Å². The number of methoxy groups -OCH3 is 1. The number of fused-ring (bicyclic) bond motifs is 1. The number of hydrogen-bond acceptors (Lipinski definition) is 5. The molecule has 0 spiro atoms. The number of aromatic amines is 1. The lowest BCUT2D eigenvalue weighted by molar-refractivity contribution is -0.143. The van der Waals surface area contributed by atoms with Crippen LogP contribution in [0.15, 0.2) is 29.8 Å². The number of rotatable bonds is 10. The van der Waals surface area contributed by atoms with Gasteiger partial charge in [-0.3, -0.25) is 4.79 Å². The second-order valence-electron chi connectivity index (χ2n) is 8.88. The van der Waals surface area contributed by atoms with Crippen molar-refractivity contribution in [2.45, 2.75) is 33.6 Å². The molecule has 8 heteroatoms. The fourth-order valence-electron chi connectivity index (χ4n) is 4.52. The van der Waals surface area contributed by atoms with Gasteiger partial charge in [0.05, 0.1) is 18.1 Å². The quantitative estimate of drug-likeness (QED) is 0.486. The van der Waals surface area contributed by atoms with Crippen molar-refractivity contribution in [1.29, 1.82) is 0 Å². The largest absolute Gasteiger partial charge is 0.497 e. The second-order valence-corrected chi connectivity index (χ2v) is 8.88. The molecule has 0 bridgehead atoms. The van der Waals surface area contributed by atoms with Gasteiger partial charge in [-0.05, 0) is 49.1 Å². The summed E-state index contributed by atoms with van der Waals surface area (Å²) in [5.41, 5.74) is 3.22. The smallest absolute Gasteiger partial charge is 0.329 e. The number of carbonyl (C=O) groups is 2. The van der Waals surface area contributed by atoms with E-state index >= 15 is 0 Å². The summed E-state index contributed by atoms with van der Waals surface area (Å²) < 4.78 is 10.2. The fraction of sp³-hybridized carbons (Fsp3) is 0.542. The molecular weight excluding hydrogens is 410 g/mol. The molecule has 3 N–H and O–H groups in total. The van der Waals surface area contributed by atoms with Crippen molar-refractivity contribution in [3.8, 4) is 5.75 Å². The molecule has 2 aromatic rings. The minimum atomic E-state index is -1.09. The van der Waals surface area contributed by atoms with Crippen LogP contribution in [-0.4, -0.2) is 53.8 Å². The number of nitrogens with zero attached hydrogens (tertiary/aromatic N) is 1. The Morgan fingerprint density at radius 3 is 2.78 bits per heavy atom. The molecular formula is C24H33N3O5. The fourth-order valence-corrected chi connectivity index (χ4v) is 4.52. The lowest BCUT2D eigenvalue weighted by Gasteiger charge is -2.37. The minimum absolute atomic E-state index is 0.231. The third-order valence-electron chi connectivity index (χ3n) is 6.26. The zero-order valence-corrected chi connectivity index (χ0v) is 19.2. The number of ether oxygens (including phenoxy) is 2. The number of hydrogen-bond donors (Lipinski definition) is 3. The van der Waals surface area contributed by atoms with E-state index in [4.69, 9.17) is 19.6 Å². The maximum Gasteiger partial charge on any atom is 0.329 e. The average Bonchev–Trinajstić information content (AvgIpc) is 3.14. The second kappa shape index (κ2) is 10.6. The van der Waals surface area contributed by atoms with E-state index in [9.17, 15) is 9.59 Å². The van der Waals surface area contributed by atoms with Gasteiger partial charge >= 0.3 is 5.97 Å². The Kier molecular flexibility index (Phi) is 7.90. The standard InChI is InChI=1S/C24H33N3O5/c1-14(2)19-8-16(9-22-26-20-6-5-18(31-4)10-21(20)27-22)15(3)7-17(19)11-25-23(28)12-32-13-24(29)30/h5-7,10,14,16-17,19H,8-9,11-13H2,1-4H3,(H,25,28)(H,26,27)(H,29,30). The Labute approximate surface area is 188 Å². The van der Waals surface area contributed by atoms with Gasteiger partial charge in [0, 0.05) is 19.0 Å². The van der Waals surface area contributed by atoms with Crippen LogP contribution in [0.25, 0.3) is 11.0 Å². The zero-order chi connectivity index (χ0) is 23.3. The van der Waals surface area contributed by atoms with Crippen molar-refractivity contribution in [2.24, 2.45) is 23.7 Å². The lowest BCUT2D eigenvalue weighted by atomic mass is 9.70. The van der Waals surface area contributed by atoms with E-state index in [1.165, 1.54) is 5.57 Å². The predicted molar refractivity (Wildman–Crippen MR) is 121 cm³/mol. The van der Waals surface area contributed by atoms with Gasteiger partial charge in [0.2, 0.25) is 5.91 Å². The van der Waals surface area contributed by atoms with E-state index < -0.39 is 12.6 Å². The number of carbonyl (C=O) groups excluding carboxylic acids is 1. The van der Waals surface area contributed by atoms with Gasteiger partial charge in [-0.25, -0.2) is 9.78 Å². The van der Waals surface area contributed by atoms with Gasteiger partial charge in [0.15, 0.2) is 0 Å². The third kappa shape index (κ3) is 6.09. The summed E-state index contributed by atoms with van der Waals surface area (Å²) in [5, 5.41) is 11.5. The minimum Gasteiger partial charge on any atom is -0.497 e. The van der Waals surface area contributed by atoms with Crippen molar-refractivity contribution >= 4 is 22.9 Å². The molecule has 0 radical (unpaired) electrons. The molecule has 3 rings (SSSR count). The first-order valence-electron chi connectivity index (χ1n) is 11.0. The summed E-state index contributed by atoms with van der Waals surface area (Å²) in [5.74, 6) is 1.90. The molecule has 0 saturated heterocycles. The van der Waals surface area contributed by atoms with E-state index in [1.54, 1.807) is 7.11 Å². The molecule has 3 unspecified atom stereocenters. The molecule has 1 aliphatic rings. The third-order valence-corrected chi connectivity index (χ3v) is 6.26. The van der Waals surface area contributed by atoms with Crippen molar-refractivity contribution < 1.29 is 24.2 Å². The van der Waals surface area contributed by atoms with Crippen molar-refractivity contribution in [3.05, 3.63) is 35.7 Å². The Hall–Kier alpha value is -2.87. The Bertz CT molecular complexity index is 981. The molecule has 174 valence electrons. The summed E-state index contributed by atoms with van der Waals surface area (Å²) in [7, 11) is 1.66. The van der Waals surface area contributed by atoms with Crippen molar-refractivity contribution in [3.63, 3.8) is 0 Å². The number of carboxylic acids is 1. The van der Waals surface area contributed by atoms with E-state index in [-0.39, 0.29) is 18.4 Å². The Morgan fingerprint density at radius 1 is 1.31 bits per heavy atom. The maximum atomic E-state index is 12.0.